The summed E-state index contributed by atoms with van der Waals surface area (Å²) in [6.45, 7) is 12.6. The molecule has 26 heavy (non-hydrogen) atoms. The lowest BCUT2D eigenvalue weighted by atomic mass is 9.77. The summed E-state index contributed by atoms with van der Waals surface area (Å²) >= 11 is 0. The molecule has 2 rings (SSSR count). The van der Waals surface area contributed by atoms with Gasteiger partial charge in [-0.2, -0.15) is 0 Å². The molecular formula is C19H25NO6. The van der Waals surface area contributed by atoms with Crippen LogP contribution in [0.2, 0.25) is 0 Å². The number of ether oxygens (including phenoxy) is 3. The van der Waals surface area contributed by atoms with Gasteiger partial charge in [-0.05, 0) is 18.9 Å². The van der Waals surface area contributed by atoms with Crippen LogP contribution >= 0.6 is 0 Å². The van der Waals surface area contributed by atoms with E-state index in [1.165, 1.54) is 17.1 Å². The molecule has 0 aromatic rings. The van der Waals surface area contributed by atoms with Crippen LogP contribution < -0.4 is 0 Å². The summed E-state index contributed by atoms with van der Waals surface area (Å²) in [4.78, 5) is 38.2. The van der Waals surface area contributed by atoms with E-state index in [9.17, 15) is 14.4 Å². The average molecular weight is 363 g/mol. The Morgan fingerprint density at radius 1 is 1.23 bits per heavy atom. The van der Waals surface area contributed by atoms with Crippen LogP contribution in [0.15, 0.2) is 36.6 Å². The highest BCUT2D eigenvalue weighted by molar-refractivity contribution is 6.00. The predicted octanol–water partition coefficient (Wildman–Crippen LogP) is 2.58. The zero-order valence-electron chi connectivity index (χ0n) is 15.4. The van der Waals surface area contributed by atoms with Crippen molar-refractivity contribution in [1.29, 1.82) is 0 Å². The van der Waals surface area contributed by atoms with E-state index in [1.54, 1.807) is 6.92 Å². The van der Waals surface area contributed by atoms with Crippen LogP contribution in [-0.4, -0.2) is 48.3 Å². The normalized spacial score (nSPS) is 25.1. The molecule has 142 valence electrons. The summed E-state index contributed by atoms with van der Waals surface area (Å²) in [6, 6.07) is -0.231. The summed E-state index contributed by atoms with van der Waals surface area (Å²) in [5, 5.41) is 0. The zero-order chi connectivity index (χ0) is 19.4. The number of hydrogen-bond donors (Lipinski definition) is 0. The fourth-order valence-corrected chi connectivity index (χ4v) is 3.69. The number of β-lactam (4-membered cyclic amide) rings is 1. The van der Waals surface area contributed by atoms with E-state index in [2.05, 4.69) is 13.2 Å². The summed E-state index contributed by atoms with van der Waals surface area (Å²) in [5.41, 5.74) is 1.19. The van der Waals surface area contributed by atoms with Crippen molar-refractivity contribution in [2.24, 2.45) is 11.8 Å². The van der Waals surface area contributed by atoms with Crippen molar-refractivity contribution in [3.63, 3.8) is 0 Å². The Labute approximate surface area is 153 Å². The first kappa shape index (κ1) is 19.8. The maximum atomic E-state index is 12.7. The van der Waals surface area contributed by atoms with Crippen molar-refractivity contribution in [3.8, 4) is 0 Å². The van der Waals surface area contributed by atoms with Gasteiger partial charge < -0.3 is 19.1 Å². The van der Waals surface area contributed by atoms with E-state index < -0.39 is 24.1 Å². The number of carbonyl (C=O) groups is 3. The topological polar surface area (TPSA) is 82.1 Å². The number of amides is 1. The van der Waals surface area contributed by atoms with Gasteiger partial charge in [-0.1, -0.05) is 39.2 Å². The van der Waals surface area contributed by atoms with E-state index in [4.69, 9.17) is 14.2 Å². The lowest BCUT2D eigenvalue weighted by Gasteiger charge is -2.47. The number of nitrogens with zero attached hydrogens (tertiary/aromatic N) is 1. The third kappa shape index (κ3) is 3.38. The second-order valence-electron chi connectivity index (χ2n) is 6.30. The molecule has 4 atom stereocenters. The quantitative estimate of drug-likeness (QED) is 0.374. The molecule has 1 saturated heterocycles. The minimum absolute atomic E-state index is 0.0239. The van der Waals surface area contributed by atoms with Gasteiger partial charge in [0.1, 0.15) is 25.0 Å². The molecule has 2 heterocycles. The van der Waals surface area contributed by atoms with Gasteiger partial charge in [-0.15, -0.1) is 0 Å². The molecule has 0 N–H and O–H groups in total. The Bertz CT molecular complexity index is 652. The SMILES string of the molecule is C=CCOC(=O)O[C@H](C)[C@H]1C(=O)N2C(C(=O)OCC=C)=C(CC)[C@H](C)[C@H]12. The van der Waals surface area contributed by atoms with Crippen molar-refractivity contribution in [2.75, 3.05) is 13.2 Å². The Kier molecular flexibility index (Phi) is 6.23. The molecule has 0 bridgehead atoms. The monoisotopic (exact) mass is 363 g/mol. The molecule has 7 heteroatoms. The van der Waals surface area contributed by atoms with Crippen molar-refractivity contribution >= 4 is 18.0 Å². The molecule has 0 aromatic carbocycles. The summed E-state index contributed by atoms with van der Waals surface area (Å²) in [7, 11) is 0. The first-order chi connectivity index (χ1) is 12.4. The van der Waals surface area contributed by atoms with Crippen molar-refractivity contribution in [1.82, 2.24) is 4.90 Å². The highest BCUT2D eigenvalue weighted by atomic mass is 16.7. The van der Waals surface area contributed by atoms with Crippen LogP contribution in [0.3, 0.4) is 0 Å². The van der Waals surface area contributed by atoms with Gasteiger partial charge in [0.25, 0.3) is 0 Å². The fourth-order valence-electron chi connectivity index (χ4n) is 3.69. The average Bonchev–Trinajstić information content (AvgIpc) is 2.86. The second-order valence-corrected chi connectivity index (χ2v) is 6.30. The first-order valence-corrected chi connectivity index (χ1v) is 8.67. The van der Waals surface area contributed by atoms with Crippen molar-refractivity contribution in [3.05, 3.63) is 36.6 Å². The van der Waals surface area contributed by atoms with E-state index >= 15 is 0 Å². The molecule has 2 aliphatic rings. The highest BCUT2D eigenvalue weighted by Crippen LogP contribution is 2.48. The van der Waals surface area contributed by atoms with Crippen LogP contribution in [-0.2, 0) is 23.8 Å². The fraction of sp³-hybridized carbons (Fsp3) is 0.526. The van der Waals surface area contributed by atoms with Gasteiger partial charge in [0.2, 0.25) is 5.91 Å². The molecule has 0 saturated carbocycles. The molecule has 7 nitrogen and oxygen atoms in total. The minimum Gasteiger partial charge on any atom is -0.457 e. The Morgan fingerprint density at radius 2 is 1.85 bits per heavy atom. The van der Waals surface area contributed by atoms with E-state index in [0.717, 1.165) is 5.57 Å². The number of hydrogen-bond acceptors (Lipinski definition) is 6. The Balaban J connectivity index is 2.14. The number of carbonyl (C=O) groups excluding carboxylic acids is 3. The molecule has 1 amide bonds. The van der Waals surface area contributed by atoms with Crippen molar-refractivity contribution < 1.29 is 28.6 Å². The van der Waals surface area contributed by atoms with Gasteiger partial charge in [0.05, 0.1) is 12.0 Å². The number of esters is 1. The second kappa shape index (κ2) is 8.21. The molecule has 0 unspecified atom stereocenters. The lowest BCUT2D eigenvalue weighted by molar-refractivity contribution is -0.164. The highest BCUT2D eigenvalue weighted by Gasteiger charge is 2.60. The molecule has 2 aliphatic heterocycles. The van der Waals surface area contributed by atoms with Crippen LogP contribution in [0.5, 0.6) is 0 Å². The standard InChI is InChI=1S/C19H25NO6/c1-6-9-24-18(22)16-13(8-3)11(4)15-14(17(21)20(15)16)12(5)26-19(23)25-10-7-2/h6-7,11-12,14-15H,1-2,8-10H2,3-5H3/t11-,12+,14+,15+/m0/s1. The predicted molar refractivity (Wildman–Crippen MR) is 93.9 cm³/mol. The largest absolute Gasteiger partial charge is 0.508 e. The molecule has 0 radical (unpaired) electrons. The van der Waals surface area contributed by atoms with Gasteiger partial charge in [0, 0.05) is 5.92 Å². The molecular weight excluding hydrogens is 338 g/mol. The number of rotatable bonds is 8. The summed E-state index contributed by atoms with van der Waals surface area (Å²) < 4.78 is 15.1. The Hall–Kier alpha value is -2.57. The van der Waals surface area contributed by atoms with Crippen LogP contribution in [0.1, 0.15) is 27.2 Å². The van der Waals surface area contributed by atoms with Crippen LogP contribution in [0, 0.1) is 11.8 Å². The number of fused-ring (bicyclic) bond motifs is 1. The van der Waals surface area contributed by atoms with Gasteiger partial charge in [0.15, 0.2) is 0 Å². The lowest BCUT2D eigenvalue weighted by Crippen LogP contribution is -2.64. The van der Waals surface area contributed by atoms with Crippen molar-refractivity contribution in [2.45, 2.75) is 39.3 Å². The molecule has 0 aliphatic carbocycles. The van der Waals surface area contributed by atoms with Crippen LogP contribution in [0.25, 0.3) is 0 Å². The first-order valence-electron chi connectivity index (χ1n) is 8.67. The maximum Gasteiger partial charge on any atom is 0.508 e. The summed E-state index contributed by atoms with van der Waals surface area (Å²) in [6.07, 6.45) is 2.03. The zero-order valence-corrected chi connectivity index (χ0v) is 15.4. The Morgan fingerprint density at radius 3 is 2.42 bits per heavy atom. The molecule has 0 spiro atoms. The molecule has 1 fully saturated rings. The van der Waals surface area contributed by atoms with Gasteiger partial charge in [-0.3, -0.25) is 4.79 Å². The third-order valence-electron chi connectivity index (χ3n) is 4.81. The van der Waals surface area contributed by atoms with Crippen LogP contribution in [0.4, 0.5) is 4.79 Å². The van der Waals surface area contributed by atoms with Gasteiger partial charge in [-0.25, -0.2) is 9.59 Å². The minimum atomic E-state index is -0.844. The third-order valence-corrected chi connectivity index (χ3v) is 4.81. The van der Waals surface area contributed by atoms with E-state index in [0.29, 0.717) is 12.1 Å². The maximum absolute atomic E-state index is 12.7. The van der Waals surface area contributed by atoms with E-state index in [1.807, 2.05) is 13.8 Å². The summed E-state index contributed by atoms with van der Waals surface area (Å²) in [5.74, 6) is -1.32. The van der Waals surface area contributed by atoms with E-state index in [-0.39, 0.29) is 31.1 Å². The van der Waals surface area contributed by atoms with Gasteiger partial charge >= 0.3 is 12.1 Å². The smallest absolute Gasteiger partial charge is 0.457 e. The molecule has 0 aromatic heterocycles.